The largest absolute Gasteiger partial charge is 0.496 e. The van der Waals surface area contributed by atoms with E-state index < -0.39 is 0 Å². The summed E-state index contributed by atoms with van der Waals surface area (Å²) in [6.07, 6.45) is 1.81. The summed E-state index contributed by atoms with van der Waals surface area (Å²) in [7, 11) is 3.58. The predicted octanol–water partition coefficient (Wildman–Crippen LogP) is 2.12. The first-order valence-corrected chi connectivity index (χ1v) is 5.56. The quantitative estimate of drug-likeness (QED) is 0.880. The Morgan fingerprint density at radius 1 is 1.35 bits per heavy atom. The van der Waals surface area contributed by atoms with Crippen LogP contribution in [0.4, 0.5) is 0 Å². The topological polar surface area (TPSA) is 53.1 Å². The molecule has 0 amide bonds. The number of aromatic nitrogens is 2. The lowest BCUT2D eigenvalue weighted by Crippen LogP contribution is -2.07. The second-order valence-electron chi connectivity index (χ2n) is 4.06. The number of para-hydroxylation sites is 1. The van der Waals surface area contributed by atoms with Crippen molar-refractivity contribution < 1.29 is 4.74 Å². The van der Waals surface area contributed by atoms with Gasteiger partial charge >= 0.3 is 0 Å². The minimum Gasteiger partial charge on any atom is -0.496 e. The van der Waals surface area contributed by atoms with Gasteiger partial charge in [0.1, 0.15) is 5.75 Å². The molecule has 4 heteroatoms. The molecule has 1 aromatic heterocycles. The lowest BCUT2D eigenvalue weighted by Gasteiger charge is -2.12. The number of hydrogen-bond acceptors (Lipinski definition) is 3. The fourth-order valence-electron chi connectivity index (χ4n) is 1.96. The van der Waals surface area contributed by atoms with Crippen molar-refractivity contribution in [1.82, 2.24) is 9.78 Å². The van der Waals surface area contributed by atoms with Gasteiger partial charge in [0.05, 0.1) is 19.0 Å². The van der Waals surface area contributed by atoms with E-state index in [0.717, 1.165) is 22.6 Å². The second-order valence-corrected chi connectivity index (χ2v) is 4.06. The third kappa shape index (κ3) is 2.03. The third-order valence-corrected chi connectivity index (χ3v) is 2.82. The number of benzene rings is 1. The molecule has 0 radical (unpaired) electrons. The number of nitrogens with zero attached hydrogens (tertiary/aromatic N) is 2. The molecule has 0 saturated heterocycles. The van der Waals surface area contributed by atoms with E-state index in [9.17, 15) is 0 Å². The van der Waals surface area contributed by atoms with Gasteiger partial charge in [-0.2, -0.15) is 5.10 Å². The molecule has 0 fully saturated rings. The third-order valence-electron chi connectivity index (χ3n) is 2.82. The molecule has 0 aliphatic heterocycles. The summed E-state index contributed by atoms with van der Waals surface area (Å²) in [6.45, 7) is 1.95. The first-order chi connectivity index (χ1) is 8.15. The van der Waals surface area contributed by atoms with Crippen LogP contribution in [-0.4, -0.2) is 16.9 Å². The molecule has 1 unspecified atom stereocenters. The Morgan fingerprint density at radius 2 is 2.06 bits per heavy atom. The van der Waals surface area contributed by atoms with Crippen LogP contribution in [0.25, 0.3) is 11.3 Å². The minimum absolute atomic E-state index is 0.0522. The highest BCUT2D eigenvalue weighted by Gasteiger charge is 2.16. The van der Waals surface area contributed by atoms with E-state index in [1.54, 1.807) is 7.11 Å². The molecule has 90 valence electrons. The van der Waals surface area contributed by atoms with Gasteiger partial charge in [-0.3, -0.25) is 4.68 Å². The van der Waals surface area contributed by atoms with Crippen LogP contribution in [0, 0.1) is 0 Å². The van der Waals surface area contributed by atoms with Crippen molar-refractivity contribution >= 4 is 0 Å². The maximum atomic E-state index is 5.96. The molecule has 0 spiro atoms. The fourth-order valence-corrected chi connectivity index (χ4v) is 1.96. The zero-order valence-corrected chi connectivity index (χ0v) is 10.3. The van der Waals surface area contributed by atoms with Crippen molar-refractivity contribution in [3.63, 3.8) is 0 Å². The number of rotatable bonds is 3. The molecule has 1 atom stereocenters. The van der Waals surface area contributed by atoms with E-state index in [1.807, 2.05) is 49.1 Å². The van der Waals surface area contributed by atoms with Crippen LogP contribution >= 0.6 is 0 Å². The van der Waals surface area contributed by atoms with E-state index >= 15 is 0 Å². The summed E-state index contributed by atoms with van der Waals surface area (Å²) in [5.74, 6) is 0.831. The van der Waals surface area contributed by atoms with E-state index in [0.29, 0.717) is 0 Å². The van der Waals surface area contributed by atoms with Gasteiger partial charge in [-0.25, -0.2) is 0 Å². The van der Waals surface area contributed by atoms with E-state index in [-0.39, 0.29) is 6.04 Å². The Balaban J connectivity index is 2.63. The predicted molar refractivity (Wildman–Crippen MR) is 67.8 cm³/mol. The van der Waals surface area contributed by atoms with Gasteiger partial charge in [0.15, 0.2) is 0 Å². The standard InChI is InChI=1S/C13H17N3O/c1-9(14)11-8-15-16(2)13(11)10-6-4-5-7-12(10)17-3/h4-9H,14H2,1-3H3. The molecule has 4 nitrogen and oxygen atoms in total. The van der Waals surface area contributed by atoms with E-state index in [4.69, 9.17) is 10.5 Å². The van der Waals surface area contributed by atoms with Gasteiger partial charge in [-0.05, 0) is 19.1 Å². The molecule has 1 heterocycles. The molecule has 2 aromatic rings. The first-order valence-electron chi connectivity index (χ1n) is 5.56. The number of ether oxygens (including phenoxy) is 1. The van der Waals surface area contributed by atoms with Crippen molar-refractivity contribution in [1.29, 1.82) is 0 Å². The minimum atomic E-state index is -0.0522. The van der Waals surface area contributed by atoms with Crippen molar-refractivity contribution in [2.24, 2.45) is 12.8 Å². The van der Waals surface area contributed by atoms with Crippen LogP contribution in [0.3, 0.4) is 0 Å². The number of methoxy groups -OCH3 is 1. The molecule has 0 saturated carbocycles. The Bertz CT molecular complexity index is 517. The van der Waals surface area contributed by atoms with Crippen LogP contribution in [0.1, 0.15) is 18.5 Å². The highest BCUT2D eigenvalue weighted by Crippen LogP contribution is 2.33. The van der Waals surface area contributed by atoms with Crippen LogP contribution in [-0.2, 0) is 7.05 Å². The van der Waals surface area contributed by atoms with Crippen LogP contribution in [0.15, 0.2) is 30.5 Å². The van der Waals surface area contributed by atoms with E-state index in [1.165, 1.54) is 0 Å². The summed E-state index contributed by atoms with van der Waals surface area (Å²) in [6, 6.07) is 7.83. The van der Waals surface area contributed by atoms with Gasteiger partial charge in [0.25, 0.3) is 0 Å². The highest BCUT2D eigenvalue weighted by atomic mass is 16.5. The number of hydrogen-bond donors (Lipinski definition) is 1. The van der Waals surface area contributed by atoms with Crippen molar-refractivity contribution in [2.45, 2.75) is 13.0 Å². The lowest BCUT2D eigenvalue weighted by molar-refractivity contribution is 0.416. The molecule has 0 aliphatic rings. The van der Waals surface area contributed by atoms with Crippen molar-refractivity contribution in [3.8, 4) is 17.0 Å². The molecule has 0 aliphatic carbocycles. The summed E-state index contributed by atoms with van der Waals surface area (Å²) < 4.78 is 7.21. The van der Waals surface area contributed by atoms with Gasteiger partial charge in [-0.15, -0.1) is 0 Å². The Labute approximate surface area is 101 Å². The molecule has 17 heavy (non-hydrogen) atoms. The average molecular weight is 231 g/mol. The molecular formula is C13H17N3O. The summed E-state index contributed by atoms with van der Waals surface area (Å²) >= 11 is 0. The van der Waals surface area contributed by atoms with Crippen LogP contribution < -0.4 is 10.5 Å². The second kappa shape index (κ2) is 4.59. The Hall–Kier alpha value is -1.81. The average Bonchev–Trinajstić information content (AvgIpc) is 2.71. The molecule has 1 aromatic carbocycles. The Morgan fingerprint density at radius 3 is 2.71 bits per heavy atom. The monoisotopic (exact) mass is 231 g/mol. The molecule has 2 rings (SSSR count). The van der Waals surface area contributed by atoms with Crippen LogP contribution in [0.5, 0.6) is 5.75 Å². The smallest absolute Gasteiger partial charge is 0.128 e. The zero-order chi connectivity index (χ0) is 12.4. The maximum absolute atomic E-state index is 5.96. The number of nitrogens with two attached hydrogens (primary N) is 1. The molecular weight excluding hydrogens is 214 g/mol. The number of aryl methyl sites for hydroxylation is 1. The van der Waals surface area contributed by atoms with E-state index in [2.05, 4.69) is 5.10 Å². The van der Waals surface area contributed by atoms with Crippen LogP contribution in [0.2, 0.25) is 0 Å². The maximum Gasteiger partial charge on any atom is 0.128 e. The molecule has 2 N–H and O–H groups in total. The summed E-state index contributed by atoms with van der Waals surface area (Å²) in [5, 5.41) is 4.27. The SMILES string of the molecule is COc1ccccc1-c1c(C(C)N)cnn1C. The normalized spacial score (nSPS) is 12.5. The lowest BCUT2D eigenvalue weighted by atomic mass is 10.0. The Kier molecular flexibility index (Phi) is 3.15. The van der Waals surface area contributed by atoms with Crippen molar-refractivity contribution in [3.05, 3.63) is 36.0 Å². The van der Waals surface area contributed by atoms with Gasteiger partial charge < -0.3 is 10.5 Å². The van der Waals surface area contributed by atoms with Crippen molar-refractivity contribution in [2.75, 3.05) is 7.11 Å². The van der Waals surface area contributed by atoms with Gasteiger partial charge in [-0.1, -0.05) is 12.1 Å². The highest BCUT2D eigenvalue weighted by molar-refractivity contribution is 5.70. The first kappa shape index (κ1) is 11.7. The fraction of sp³-hybridized carbons (Fsp3) is 0.308. The molecule has 0 bridgehead atoms. The zero-order valence-electron chi connectivity index (χ0n) is 10.3. The summed E-state index contributed by atoms with van der Waals surface area (Å²) in [5.41, 5.74) is 9.02. The van der Waals surface area contributed by atoms with Gasteiger partial charge in [0, 0.05) is 24.2 Å². The summed E-state index contributed by atoms with van der Waals surface area (Å²) in [4.78, 5) is 0. The van der Waals surface area contributed by atoms with Gasteiger partial charge in [0.2, 0.25) is 0 Å².